The van der Waals surface area contributed by atoms with Crippen molar-refractivity contribution in [2.45, 2.75) is 18.6 Å². The number of benzene rings is 1. The molecule has 102 valence electrons. The summed E-state index contributed by atoms with van der Waals surface area (Å²) in [6.07, 6.45) is -0.0899. The molecule has 3 N–H and O–H groups in total. The van der Waals surface area contributed by atoms with Crippen LogP contribution in [0.25, 0.3) is 0 Å². The van der Waals surface area contributed by atoms with E-state index in [-0.39, 0.29) is 17.5 Å². The molecule has 0 saturated carbocycles. The highest BCUT2D eigenvalue weighted by Crippen LogP contribution is 2.17. The van der Waals surface area contributed by atoms with Gasteiger partial charge in [-0.1, -0.05) is 0 Å². The molecule has 1 aliphatic heterocycles. The molecule has 6 heteroatoms. The van der Waals surface area contributed by atoms with Gasteiger partial charge in [0, 0.05) is 19.3 Å². The molecule has 6 nitrogen and oxygen atoms in total. The second-order valence-electron chi connectivity index (χ2n) is 4.60. The molecule has 1 aliphatic rings. The number of carboxylic acids is 1. The number of hydrogen-bond donors (Lipinski definition) is 3. The molecule has 2 atom stereocenters. The van der Waals surface area contributed by atoms with E-state index in [4.69, 9.17) is 5.11 Å². The Morgan fingerprint density at radius 3 is 2.42 bits per heavy atom. The van der Waals surface area contributed by atoms with Crippen molar-refractivity contribution in [3.63, 3.8) is 0 Å². The molecule has 1 aromatic rings. The van der Waals surface area contributed by atoms with Crippen LogP contribution in [0.5, 0.6) is 0 Å². The number of aliphatic hydroxyl groups excluding tert-OH is 1. The topological polar surface area (TPSA) is 89.9 Å². The lowest BCUT2D eigenvalue weighted by Crippen LogP contribution is -2.41. The second kappa shape index (κ2) is 5.38. The summed E-state index contributed by atoms with van der Waals surface area (Å²) in [5.74, 6) is -1.14. The van der Waals surface area contributed by atoms with Gasteiger partial charge in [0.2, 0.25) is 5.91 Å². The van der Waals surface area contributed by atoms with Crippen LogP contribution < -0.4 is 10.2 Å². The van der Waals surface area contributed by atoms with Crippen LogP contribution >= 0.6 is 0 Å². The van der Waals surface area contributed by atoms with Crippen molar-refractivity contribution >= 4 is 17.6 Å². The summed E-state index contributed by atoms with van der Waals surface area (Å²) >= 11 is 0. The van der Waals surface area contributed by atoms with Gasteiger partial charge in [-0.15, -0.1) is 0 Å². The highest BCUT2D eigenvalue weighted by molar-refractivity contribution is 5.97. The molecule has 1 amide bonds. The van der Waals surface area contributed by atoms with E-state index in [1.165, 1.54) is 17.0 Å². The number of nitrogens with zero attached hydrogens (tertiary/aromatic N) is 1. The van der Waals surface area contributed by atoms with E-state index >= 15 is 0 Å². The van der Waals surface area contributed by atoms with Gasteiger partial charge in [-0.2, -0.15) is 0 Å². The SMILES string of the molecule is CN(C(=O)C1CC(O)CN1)c1ccc(C(=O)O)cc1. The van der Waals surface area contributed by atoms with Gasteiger partial charge in [-0.25, -0.2) is 4.79 Å². The number of amides is 1. The maximum absolute atomic E-state index is 12.1. The van der Waals surface area contributed by atoms with Crippen LogP contribution in [-0.2, 0) is 4.79 Å². The van der Waals surface area contributed by atoms with E-state index in [1.807, 2.05) is 0 Å². The summed E-state index contributed by atoms with van der Waals surface area (Å²) in [4.78, 5) is 24.3. The monoisotopic (exact) mass is 264 g/mol. The van der Waals surface area contributed by atoms with Gasteiger partial charge in [0.1, 0.15) is 0 Å². The van der Waals surface area contributed by atoms with E-state index in [0.717, 1.165) is 0 Å². The van der Waals surface area contributed by atoms with Gasteiger partial charge in [0.05, 0.1) is 17.7 Å². The Kier molecular flexibility index (Phi) is 3.82. The number of rotatable bonds is 3. The van der Waals surface area contributed by atoms with Crippen LogP contribution in [0.4, 0.5) is 5.69 Å². The average Bonchev–Trinajstić information content (AvgIpc) is 2.84. The van der Waals surface area contributed by atoms with Crippen LogP contribution in [-0.4, -0.2) is 47.8 Å². The number of aliphatic hydroxyl groups is 1. The highest BCUT2D eigenvalue weighted by Gasteiger charge is 2.30. The van der Waals surface area contributed by atoms with Gasteiger partial charge in [-0.05, 0) is 30.7 Å². The zero-order valence-corrected chi connectivity index (χ0v) is 10.5. The third kappa shape index (κ3) is 2.91. The Bertz CT molecular complexity index is 486. The first kappa shape index (κ1) is 13.5. The Morgan fingerprint density at radius 2 is 1.95 bits per heavy atom. The van der Waals surface area contributed by atoms with Crippen LogP contribution in [0.2, 0.25) is 0 Å². The first-order chi connectivity index (χ1) is 8.99. The molecule has 1 aromatic carbocycles. The Balaban J connectivity index is 2.08. The Hall–Kier alpha value is -1.92. The molecule has 2 unspecified atom stereocenters. The maximum atomic E-state index is 12.1. The van der Waals surface area contributed by atoms with Gasteiger partial charge in [-0.3, -0.25) is 4.79 Å². The van der Waals surface area contributed by atoms with Crippen LogP contribution in [0.3, 0.4) is 0 Å². The van der Waals surface area contributed by atoms with Crippen molar-refractivity contribution in [3.05, 3.63) is 29.8 Å². The molecule has 2 rings (SSSR count). The lowest BCUT2D eigenvalue weighted by molar-refractivity contribution is -0.120. The number of anilines is 1. The molecule has 1 heterocycles. The molecule has 0 aromatic heterocycles. The normalized spacial score (nSPS) is 22.2. The van der Waals surface area contributed by atoms with Crippen molar-refractivity contribution in [2.75, 3.05) is 18.5 Å². The Morgan fingerprint density at radius 1 is 1.32 bits per heavy atom. The molecule has 19 heavy (non-hydrogen) atoms. The smallest absolute Gasteiger partial charge is 0.335 e. The van der Waals surface area contributed by atoms with Crippen molar-refractivity contribution in [1.29, 1.82) is 0 Å². The zero-order chi connectivity index (χ0) is 14.0. The maximum Gasteiger partial charge on any atom is 0.335 e. The van der Waals surface area contributed by atoms with E-state index in [1.54, 1.807) is 19.2 Å². The molecular formula is C13H16N2O4. The van der Waals surface area contributed by atoms with Crippen LogP contribution in [0.1, 0.15) is 16.8 Å². The number of aromatic carboxylic acids is 1. The molecular weight excluding hydrogens is 248 g/mol. The van der Waals surface area contributed by atoms with Gasteiger partial charge >= 0.3 is 5.97 Å². The summed E-state index contributed by atoms with van der Waals surface area (Å²) in [6, 6.07) is 5.70. The summed E-state index contributed by atoms with van der Waals surface area (Å²) in [5, 5.41) is 21.2. The second-order valence-corrected chi connectivity index (χ2v) is 4.60. The van der Waals surface area contributed by atoms with Gasteiger partial charge in [0.15, 0.2) is 0 Å². The van der Waals surface area contributed by atoms with Gasteiger partial charge < -0.3 is 20.4 Å². The minimum Gasteiger partial charge on any atom is -0.478 e. The largest absolute Gasteiger partial charge is 0.478 e. The lowest BCUT2D eigenvalue weighted by atomic mass is 10.1. The number of β-amino-alcohol motifs (C(OH)–C–C–N with tert-alkyl or cyclic N) is 1. The number of likely N-dealkylation sites (N-methyl/N-ethyl adjacent to an activating group) is 1. The van der Waals surface area contributed by atoms with E-state index < -0.39 is 12.1 Å². The number of carboxylic acid groups (broad SMARTS) is 1. The number of carbonyl (C=O) groups is 2. The quantitative estimate of drug-likeness (QED) is 0.719. The van der Waals surface area contributed by atoms with Crippen molar-refractivity contribution in [3.8, 4) is 0 Å². The summed E-state index contributed by atoms with van der Waals surface area (Å²) < 4.78 is 0. The first-order valence-corrected chi connectivity index (χ1v) is 6.01. The van der Waals surface area contributed by atoms with E-state index in [9.17, 15) is 14.7 Å². The molecule has 1 fully saturated rings. The minimum atomic E-state index is -0.999. The fourth-order valence-corrected chi connectivity index (χ4v) is 2.09. The zero-order valence-electron chi connectivity index (χ0n) is 10.5. The molecule has 0 aliphatic carbocycles. The molecule has 0 spiro atoms. The van der Waals surface area contributed by atoms with Crippen LogP contribution in [0, 0.1) is 0 Å². The fraction of sp³-hybridized carbons (Fsp3) is 0.385. The highest BCUT2D eigenvalue weighted by atomic mass is 16.4. The summed E-state index contributed by atoms with van der Waals surface area (Å²) in [5.41, 5.74) is 0.803. The fourth-order valence-electron chi connectivity index (χ4n) is 2.09. The van der Waals surface area contributed by atoms with Crippen molar-refractivity contribution < 1.29 is 19.8 Å². The molecule has 0 bridgehead atoms. The van der Waals surface area contributed by atoms with Crippen molar-refractivity contribution in [2.24, 2.45) is 0 Å². The third-order valence-electron chi connectivity index (χ3n) is 3.24. The van der Waals surface area contributed by atoms with Crippen molar-refractivity contribution in [1.82, 2.24) is 5.32 Å². The van der Waals surface area contributed by atoms with E-state index in [0.29, 0.717) is 18.7 Å². The molecule has 1 saturated heterocycles. The third-order valence-corrected chi connectivity index (χ3v) is 3.24. The van der Waals surface area contributed by atoms with Crippen LogP contribution in [0.15, 0.2) is 24.3 Å². The number of carbonyl (C=O) groups excluding carboxylic acids is 1. The van der Waals surface area contributed by atoms with E-state index in [2.05, 4.69) is 5.32 Å². The summed E-state index contributed by atoms with van der Waals surface area (Å²) in [7, 11) is 1.63. The standard InChI is InChI=1S/C13H16N2O4/c1-15(12(17)11-6-10(16)7-14-11)9-4-2-8(3-5-9)13(18)19/h2-5,10-11,14,16H,6-7H2,1H3,(H,18,19). The summed E-state index contributed by atoms with van der Waals surface area (Å²) in [6.45, 7) is 0.419. The Labute approximate surface area is 110 Å². The average molecular weight is 264 g/mol. The van der Waals surface area contributed by atoms with Gasteiger partial charge in [0.25, 0.3) is 0 Å². The predicted octanol–water partition coefficient (Wildman–Crippen LogP) is 0.0704. The molecule has 0 radical (unpaired) electrons. The lowest BCUT2D eigenvalue weighted by Gasteiger charge is -2.21. The first-order valence-electron chi connectivity index (χ1n) is 6.01. The number of nitrogens with one attached hydrogen (secondary N) is 1. The predicted molar refractivity (Wildman–Crippen MR) is 69.2 cm³/mol. The number of hydrogen-bond acceptors (Lipinski definition) is 4. The minimum absolute atomic E-state index is 0.139.